The van der Waals surface area contributed by atoms with Gasteiger partial charge in [0.05, 0.1) is 0 Å². The van der Waals surface area contributed by atoms with Gasteiger partial charge in [-0.15, -0.1) is 0 Å². The van der Waals surface area contributed by atoms with Gasteiger partial charge in [-0.05, 0) is 0 Å². The summed E-state index contributed by atoms with van der Waals surface area (Å²) in [5.74, 6) is 2.46. The highest BCUT2D eigenvalue weighted by molar-refractivity contribution is 7.99. The lowest BCUT2D eigenvalue weighted by molar-refractivity contribution is 0.0972. The van der Waals surface area contributed by atoms with Crippen LogP contribution in [0.15, 0.2) is 30.3 Å². The molecule has 1 atom stereocenters. The number of nitrogens with one attached hydrogen (secondary N) is 1. The summed E-state index contributed by atoms with van der Waals surface area (Å²) in [6.07, 6.45) is 0.622. The van der Waals surface area contributed by atoms with E-state index >= 15 is 0 Å². The van der Waals surface area contributed by atoms with Gasteiger partial charge >= 0.3 is 0 Å². The Morgan fingerprint density at radius 1 is 1.40 bits per heavy atom. The summed E-state index contributed by atoms with van der Waals surface area (Å²) in [7, 11) is 0. The molecule has 1 N–H and O–H groups in total. The highest BCUT2D eigenvalue weighted by Gasteiger charge is 2.17. The second-order valence-electron chi connectivity index (χ2n) is 3.72. The smallest absolute Gasteiger partial charge is 0.164 e. The van der Waals surface area contributed by atoms with E-state index in [0.29, 0.717) is 12.5 Å². The van der Waals surface area contributed by atoms with E-state index in [1.807, 2.05) is 42.1 Å². The van der Waals surface area contributed by atoms with Gasteiger partial charge in [0.1, 0.15) is 0 Å². The predicted octanol–water partition coefficient (Wildman–Crippen LogP) is 1.96. The maximum atomic E-state index is 11.9. The van der Waals surface area contributed by atoms with Crippen LogP contribution >= 0.6 is 11.8 Å². The lowest BCUT2D eigenvalue weighted by Gasteiger charge is -2.22. The second kappa shape index (κ2) is 5.33. The van der Waals surface area contributed by atoms with Crippen molar-refractivity contribution in [1.29, 1.82) is 0 Å². The molecule has 1 aromatic rings. The zero-order chi connectivity index (χ0) is 10.5. The molecule has 1 aliphatic rings. The van der Waals surface area contributed by atoms with Crippen molar-refractivity contribution in [1.82, 2.24) is 5.32 Å². The molecule has 0 saturated carbocycles. The number of rotatable bonds is 3. The van der Waals surface area contributed by atoms with E-state index in [1.165, 1.54) is 0 Å². The summed E-state index contributed by atoms with van der Waals surface area (Å²) >= 11 is 1.93. The van der Waals surface area contributed by atoms with Crippen molar-refractivity contribution in [3.63, 3.8) is 0 Å². The molecule has 0 radical (unpaired) electrons. The van der Waals surface area contributed by atoms with Crippen LogP contribution in [0, 0.1) is 0 Å². The normalized spacial score (nSPS) is 21.2. The highest BCUT2D eigenvalue weighted by Crippen LogP contribution is 2.13. The van der Waals surface area contributed by atoms with Crippen molar-refractivity contribution < 1.29 is 4.79 Å². The minimum absolute atomic E-state index is 0.246. The van der Waals surface area contributed by atoms with Crippen LogP contribution < -0.4 is 5.32 Å². The maximum Gasteiger partial charge on any atom is 0.164 e. The Morgan fingerprint density at radius 2 is 2.20 bits per heavy atom. The molecular weight excluding hydrogens is 206 g/mol. The third-order valence-corrected chi connectivity index (χ3v) is 3.66. The molecule has 80 valence electrons. The van der Waals surface area contributed by atoms with Crippen molar-refractivity contribution in [3.8, 4) is 0 Å². The number of hydrogen-bond donors (Lipinski definition) is 1. The van der Waals surface area contributed by atoms with E-state index in [0.717, 1.165) is 23.6 Å². The first-order chi connectivity index (χ1) is 7.36. The number of Topliss-reactive ketones (excluding diaryl/α,β-unsaturated/α-hetero) is 1. The monoisotopic (exact) mass is 221 g/mol. The first-order valence-corrected chi connectivity index (χ1v) is 6.41. The Bertz CT molecular complexity index is 320. The lowest BCUT2D eigenvalue weighted by atomic mass is 10.0. The molecule has 1 saturated heterocycles. The van der Waals surface area contributed by atoms with Crippen LogP contribution in [0.4, 0.5) is 0 Å². The number of carbonyl (C=O) groups is 1. The van der Waals surface area contributed by atoms with Gasteiger partial charge in [0.15, 0.2) is 5.78 Å². The van der Waals surface area contributed by atoms with Gasteiger partial charge in [-0.2, -0.15) is 11.8 Å². The van der Waals surface area contributed by atoms with E-state index in [9.17, 15) is 4.79 Å². The third kappa shape index (κ3) is 3.08. The van der Waals surface area contributed by atoms with Crippen molar-refractivity contribution in [2.45, 2.75) is 12.5 Å². The van der Waals surface area contributed by atoms with Gasteiger partial charge in [-0.1, -0.05) is 30.3 Å². The van der Waals surface area contributed by atoms with E-state index in [1.54, 1.807) is 0 Å². The van der Waals surface area contributed by atoms with Crippen molar-refractivity contribution in [3.05, 3.63) is 35.9 Å². The average molecular weight is 221 g/mol. The van der Waals surface area contributed by atoms with Crippen LogP contribution in [-0.2, 0) is 0 Å². The van der Waals surface area contributed by atoms with Crippen LogP contribution in [0.3, 0.4) is 0 Å². The Balaban J connectivity index is 1.91. The first kappa shape index (κ1) is 10.7. The van der Waals surface area contributed by atoms with Crippen LogP contribution in [-0.4, -0.2) is 29.9 Å². The SMILES string of the molecule is O=C(CC1CSCCN1)c1ccccc1. The topological polar surface area (TPSA) is 29.1 Å². The molecule has 0 aliphatic carbocycles. The molecular formula is C12H15NOS. The van der Waals surface area contributed by atoms with Crippen LogP contribution in [0.2, 0.25) is 0 Å². The fourth-order valence-corrected chi connectivity index (χ4v) is 2.67. The molecule has 2 rings (SSSR count). The Morgan fingerprint density at radius 3 is 2.87 bits per heavy atom. The number of thioether (sulfide) groups is 1. The summed E-state index contributed by atoms with van der Waals surface area (Å²) in [4.78, 5) is 11.9. The van der Waals surface area contributed by atoms with Gasteiger partial charge in [0, 0.05) is 36.1 Å². The van der Waals surface area contributed by atoms with Crippen molar-refractivity contribution in [2.75, 3.05) is 18.1 Å². The van der Waals surface area contributed by atoms with Crippen LogP contribution in [0.1, 0.15) is 16.8 Å². The van der Waals surface area contributed by atoms with Crippen LogP contribution in [0.5, 0.6) is 0 Å². The van der Waals surface area contributed by atoms with E-state index in [-0.39, 0.29) is 5.78 Å². The number of carbonyl (C=O) groups excluding carboxylic acids is 1. The fraction of sp³-hybridized carbons (Fsp3) is 0.417. The van der Waals surface area contributed by atoms with E-state index < -0.39 is 0 Å². The van der Waals surface area contributed by atoms with Gasteiger partial charge < -0.3 is 5.32 Å². The molecule has 1 aromatic carbocycles. The molecule has 0 amide bonds. The largest absolute Gasteiger partial charge is 0.312 e. The number of benzene rings is 1. The molecule has 1 heterocycles. The zero-order valence-corrected chi connectivity index (χ0v) is 9.43. The Hall–Kier alpha value is -0.800. The second-order valence-corrected chi connectivity index (χ2v) is 4.87. The molecule has 15 heavy (non-hydrogen) atoms. The lowest BCUT2D eigenvalue weighted by Crippen LogP contribution is -2.38. The molecule has 1 aliphatic heterocycles. The molecule has 3 heteroatoms. The molecule has 0 aromatic heterocycles. The molecule has 0 spiro atoms. The minimum Gasteiger partial charge on any atom is -0.312 e. The highest BCUT2D eigenvalue weighted by atomic mass is 32.2. The molecule has 0 bridgehead atoms. The van der Waals surface area contributed by atoms with Gasteiger partial charge in [-0.3, -0.25) is 4.79 Å². The molecule has 1 unspecified atom stereocenters. The standard InChI is InChI=1S/C12H15NOS/c14-12(10-4-2-1-3-5-10)8-11-9-15-7-6-13-11/h1-5,11,13H,6-9H2. The molecule has 1 fully saturated rings. The van der Waals surface area contributed by atoms with Gasteiger partial charge in [-0.25, -0.2) is 0 Å². The first-order valence-electron chi connectivity index (χ1n) is 5.25. The van der Waals surface area contributed by atoms with Gasteiger partial charge in [0.25, 0.3) is 0 Å². The summed E-state index contributed by atoms with van der Waals surface area (Å²) in [5.41, 5.74) is 0.829. The van der Waals surface area contributed by atoms with E-state index in [4.69, 9.17) is 0 Å². The number of hydrogen-bond acceptors (Lipinski definition) is 3. The summed E-state index contributed by atoms with van der Waals surface area (Å²) in [6, 6.07) is 9.89. The Kier molecular flexibility index (Phi) is 3.80. The molecule has 2 nitrogen and oxygen atoms in total. The van der Waals surface area contributed by atoms with Crippen LogP contribution in [0.25, 0.3) is 0 Å². The van der Waals surface area contributed by atoms with Crippen molar-refractivity contribution >= 4 is 17.5 Å². The fourth-order valence-electron chi connectivity index (χ4n) is 1.72. The minimum atomic E-state index is 0.246. The van der Waals surface area contributed by atoms with E-state index in [2.05, 4.69) is 5.32 Å². The Labute approximate surface area is 94.4 Å². The quantitative estimate of drug-likeness (QED) is 0.791. The summed E-state index contributed by atoms with van der Waals surface area (Å²) in [6.45, 7) is 1.03. The number of ketones is 1. The van der Waals surface area contributed by atoms with Gasteiger partial charge in [0.2, 0.25) is 0 Å². The summed E-state index contributed by atoms with van der Waals surface area (Å²) in [5, 5.41) is 3.38. The zero-order valence-electron chi connectivity index (χ0n) is 8.61. The van der Waals surface area contributed by atoms with Crippen molar-refractivity contribution in [2.24, 2.45) is 0 Å². The maximum absolute atomic E-state index is 11.9. The predicted molar refractivity (Wildman–Crippen MR) is 64.5 cm³/mol. The third-order valence-electron chi connectivity index (χ3n) is 2.53. The summed E-state index contributed by atoms with van der Waals surface area (Å²) < 4.78 is 0. The average Bonchev–Trinajstić information content (AvgIpc) is 2.31.